The van der Waals surface area contributed by atoms with E-state index < -0.39 is 17.4 Å². The van der Waals surface area contributed by atoms with E-state index in [0.717, 1.165) is 11.1 Å². The Morgan fingerprint density at radius 1 is 0.897 bits per heavy atom. The lowest BCUT2D eigenvalue weighted by atomic mass is 9.75. The minimum absolute atomic E-state index is 0.182. The molecule has 0 saturated heterocycles. The zero-order valence-electron chi connectivity index (χ0n) is 16.1. The van der Waals surface area contributed by atoms with E-state index in [4.69, 9.17) is 5.73 Å². The van der Waals surface area contributed by atoms with Crippen molar-refractivity contribution < 1.29 is 14.0 Å². The highest BCUT2D eigenvalue weighted by atomic mass is 19.1. The molecule has 0 aromatic heterocycles. The highest BCUT2D eigenvalue weighted by molar-refractivity contribution is 5.95. The van der Waals surface area contributed by atoms with Crippen molar-refractivity contribution in [3.05, 3.63) is 107 Å². The topological polar surface area (TPSA) is 72.2 Å². The zero-order chi connectivity index (χ0) is 20.9. The maximum absolute atomic E-state index is 13.4. The van der Waals surface area contributed by atoms with Gasteiger partial charge in [-0.2, -0.15) is 0 Å². The summed E-state index contributed by atoms with van der Waals surface area (Å²) in [6.45, 7) is 1.82. The van der Waals surface area contributed by atoms with E-state index in [0.29, 0.717) is 5.56 Å². The number of nitrogens with two attached hydrogens (primary N) is 1. The van der Waals surface area contributed by atoms with Gasteiger partial charge in [-0.1, -0.05) is 72.8 Å². The third-order valence-corrected chi connectivity index (χ3v) is 5.16. The maximum Gasteiger partial charge on any atom is 0.240 e. The average Bonchev–Trinajstić information content (AvgIpc) is 2.75. The number of hydrogen-bond acceptors (Lipinski definition) is 2. The van der Waals surface area contributed by atoms with E-state index in [1.165, 1.54) is 12.1 Å². The van der Waals surface area contributed by atoms with E-state index in [-0.39, 0.29) is 18.1 Å². The van der Waals surface area contributed by atoms with Gasteiger partial charge in [0.1, 0.15) is 11.9 Å². The molecule has 3 aromatic rings. The van der Waals surface area contributed by atoms with Gasteiger partial charge in [-0.15, -0.1) is 0 Å². The number of halogens is 1. The van der Waals surface area contributed by atoms with Gasteiger partial charge in [-0.05, 0) is 35.7 Å². The molecule has 4 nitrogen and oxygen atoms in total. The Morgan fingerprint density at radius 3 is 1.83 bits per heavy atom. The van der Waals surface area contributed by atoms with Crippen LogP contribution in [0, 0.1) is 5.82 Å². The molecule has 0 spiro atoms. The summed E-state index contributed by atoms with van der Waals surface area (Å²) in [6.07, 6.45) is 0.182. The van der Waals surface area contributed by atoms with Crippen molar-refractivity contribution in [3.63, 3.8) is 0 Å². The fourth-order valence-electron chi connectivity index (χ4n) is 3.35. The van der Waals surface area contributed by atoms with Gasteiger partial charge in [0.25, 0.3) is 0 Å². The first-order valence-electron chi connectivity index (χ1n) is 9.37. The van der Waals surface area contributed by atoms with Gasteiger partial charge in [-0.3, -0.25) is 9.59 Å². The van der Waals surface area contributed by atoms with Gasteiger partial charge in [0.05, 0.1) is 5.41 Å². The Labute approximate surface area is 169 Å². The highest BCUT2D eigenvalue weighted by Gasteiger charge is 2.38. The van der Waals surface area contributed by atoms with Crippen LogP contribution in [0.25, 0.3) is 0 Å². The molecule has 0 aliphatic heterocycles. The molecule has 0 aliphatic carbocycles. The van der Waals surface area contributed by atoms with E-state index in [2.05, 4.69) is 5.32 Å². The van der Waals surface area contributed by atoms with Crippen LogP contribution < -0.4 is 11.1 Å². The fraction of sp³-hybridized carbons (Fsp3) is 0.167. The molecule has 3 rings (SSSR count). The molecule has 2 amide bonds. The van der Waals surface area contributed by atoms with Crippen LogP contribution in [0.2, 0.25) is 0 Å². The number of primary amides is 1. The molecule has 0 fully saturated rings. The molecule has 0 heterocycles. The van der Waals surface area contributed by atoms with E-state index in [9.17, 15) is 14.0 Å². The van der Waals surface area contributed by atoms with Crippen LogP contribution in [0.5, 0.6) is 0 Å². The lowest BCUT2D eigenvalue weighted by Crippen LogP contribution is -2.52. The summed E-state index contributed by atoms with van der Waals surface area (Å²) in [5.74, 6) is -1.35. The van der Waals surface area contributed by atoms with E-state index >= 15 is 0 Å². The lowest BCUT2D eigenvalue weighted by Gasteiger charge is -2.31. The lowest BCUT2D eigenvalue weighted by molar-refractivity contribution is -0.129. The van der Waals surface area contributed by atoms with E-state index in [1.807, 2.05) is 67.6 Å². The fourth-order valence-corrected chi connectivity index (χ4v) is 3.35. The quantitative estimate of drug-likeness (QED) is 0.649. The van der Waals surface area contributed by atoms with Gasteiger partial charge in [0, 0.05) is 6.42 Å². The van der Waals surface area contributed by atoms with Crippen LogP contribution in [0.15, 0.2) is 84.9 Å². The molecule has 3 N–H and O–H groups in total. The summed E-state index contributed by atoms with van der Waals surface area (Å²) in [5, 5.41) is 2.81. The van der Waals surface area contributed by atoms with Crippen molar-refractivity contribution in [2.24, 2.45) is 5.73 Å². The second kappa shape index (κ2) is 8.69. The van der Waals surface area contributed by atoms with Crippen LogP contribution in [0.1, 0.15) is 23.6 Å². The number of hydrogen-bond donors (Lipinski definition) is 2. The Bertz CT molecular complexity index is 933. The van der Waals surface area contributed by atoms with Crippen LogP contribution in [-0.4, -0.2) is 17.9 Å². The predicted octanol–water partition coefficient (Wildman–Crippen LogP) is 3.34. The zero-order valence-corrected chi connectivity index (χ0v) is 16.1. The third-order valence-electron chi connectivity index (χ3n) is 5.16. The molecule has 29 heavy (non-hydrogen) atoms. The molecule has 148 valence electrons. The van der Waals surface area contributed by atoms with Gasteiger partial charge in [-0.25, -0.2) is 4.39 Å². The molecule has 0 aliphatic rings. The number of rotatable bonds is 7. The molecule has 0 unspecified atom stereocenters. The Hall–Kier alpha value is -3.47. The number of nitrogens with one attached hydrogen (secondary N) is 1. The maximum atomic E-state index is 13.4. The highest BCUT2D eigenvalue weighted by Crippen LogP contribution is 2.32. The molecule has 0 radical (unpaired) electrons. The van der Waals surface area contributed by atoms with Crippen molar-refractivity contribution in [3.8, 4) is 0 Å². The molecule has 3 aromatic carbocycles. The second-order valence-corrected chi connectivity index (χ2v) is 7.12. The van der Waals surface area contributed by atoms with Crippen molar-refractivity contribution in [1.29, 1.82) is 0 Å². The molecular formula is C24H23FN2O2. The molecule has 1 atom stereocenters. The summed E-state index contributed by atoms with van der Waals surface area (Å²) < 4.78 is 13.2. The first kappa shape index (κ1) is 20.3. The Morgan fingerprint density at radius 2 is 1.38 bits per heavy atom. The minimum atomic E-state index is -1.01. The molecule has 0 bridgehead atoms. The first-order chi connectivity index (χ1) is 13.9. The van der Waals surface area contributed by atoms with Crippen molar-refractivity contribution >= 4 is 11.8 Å². The van der Waals surface area contributed by atoms with Gasteiger partial charge in [0.2, 0.25) is 11.8 Å². The number of amides is 2. The summed E-state index contributed by atoms with van der Waals surface area (Å²) in [4.78, 5) is 25.5. The van der Waals surface area contributed by atoms with Gasteiger partial charge >= 0.3 is 0 Å². The third kappa shape index (κ3) is 4.51. The predicted molar refractivity (Wildman–Crippen MR) is 111 cm³/mol. The normalized spacial score (nSPS) is 12.2. The second-order valence-electron chi connectivity index (χ2n) is 7.12. The monoisotopic (exact) mass is 390 g/mol. The summed E-state index contributed by atoms with van der Waals surface area (Å²) >= 11 is 0. The summed E-state index contributed by atoms with van der Waals surface area (Å²) in [5.41, 5.74) is 6.85. The van der Waals surface area contributed by atoms with Crippen LogP contribution in [0.3, 0.4) is 0 Å². The number of carbonyl (C=O) groups excluding carboxylic acids is 2. The van der Waals surface area contributed by atoms with Crippen LogP contribution >= 0.6 is 0 Å². The standard InChI is InChI=1S/C24H23FN2O2/c1-24(18-8-4-2-5-9-18,19-10-6-3-7-11-19)23(29)27-21(22(26)28)16-17-12-14-20(25)15-13-17/h2-15,21H,16H2,1H3,(H2,26,28)(H,27,29)/t21-/m0/s1. The van der Waals surface area contributed by atoms with Crippen LogP contribution in [-0.2, 0) is 21.4 Å². The van der Waals surface area contributed by atoms with Crippen molar-refractivity contribution in [2.75, 3.05) is 0 Å². The molecule has 5 heteroatoms. The van der Waals surface area contributed by atoms with Crippen LogP contribution in [0.4, 0.5) is 4.39 Å². The Balaban J connectivity index is 1.92. The summed E-state index contributed by atoms with van der Waals surface area (Å²) in [7, 11) is 0. The minimum Gasteiger partial charge on any atom is -0.368 e. The number of carbonyl (C=O) groups is 2. The first-order valence-corrected chi connectivity index (χ1v) is 9.37. The molecule has 0 saturated carbocycles. The van der Waals surface area contributed by atoms with Crippen molar-refractivity contribution in [2.45, 2.75) is 24.8 Å². The average molecular weight is 390 g/mol. The van der Waals surface area contributed by atoms with Crippen molar-refractivity contribution in [1.82, 2.24) is 5.32 Å². The van der Waals surface area contributed by atoms with E-state index in [1.54, 1.807) is 12.1 Å². The smallest absolute Gasteiger partial charge is 0.240 e. The molecular weight excluding hydrogens is 367 g/mol. The SMILES string of the molecule is CC(C(=O)N[C@@H](Cc1ccc(F)cc1)C(N)=O)(c1ccccc1)c1ccccc1. The van der Waals surface area contributed by atoms with Gasteiger partial charge < -0.3 is 11.1 Å². The largest absolute Gasteiger partial charge is 0.368 e. The van der Waals surface area contributed by atoms with Gasteiger partial charge in [0.15, 0.2) is 0 Å². The summed E-state index contributed by atoms with van der Waals surface area (Å²) in [6, 6.07) is 23.6. The Kier molecular flexibility index (Phi) is 6.07. The number of benzene rings is 3.